The molecule has 86 valence electrons. The van der Waals surface area contributed by atoms with Crippen molar-refractivity contribution in [3.63, 3.8) is 0 Å². The van der Waals surface area contributed by atoms with Crippen molar-refractivity contribution in [3.8, 4) is 0 Å². The van der Waals surface area contributed by atoms with Crippen molar-refractivity contribution < 1.29 is 4.74 Å². The first-order chi connectivity index (χ1) is 6.68. The van der Waals surface area contributed by atoms with Gasteiger partial charge >= 0.3 is 0 Å². The van der Waals surface area contributed by atoms with Gasteiger partial charge in [0.05, 0.1) is 7.11 Å². The molecule has 1 N–H and O–H groups in total. The maximum absolute atomic E-state index is 4.64. The molecule has 4 heteroatoms. The molecule has 0 amide bonds. The van der Waals surface area contributed by atoms with Crippen LogP contribution in [0.3, 0.4) is 0 Å². The van der Waals surface area contributed by atoms with E-state index in [2.05, 4.69) is 41.0 Å². The van der Waals surface area contributed by atoms with Crippen LogP contribution < -0.4 is 5.32 Å². The Balaban J connectivity index is 0. The molecule has 0 fully saturated rings. The molecule has 0 aliphatic heterocycles. The molecule has 0 heterocycles. The molecule has 0 aromatic carbocycles. The molecule has 0 aliphatic carbocycles. The SMILES string of the molecule is CCNC.COC=NCCCN(C)C. The molecule has 0 saturated heterocycles. The lowest BCUT2D eigenvalue weighted by Crippen LogP contribution is -2.13. The molecule has 0 atom stereocenters. The van der Waals surface area contributed by atoms with Crippen LogP contribution in [0.4, 0.5) is 0 Å². The average molecular weight is 203 g/mol. The van der Waals surface area contributed by atoms with Crippen molar-refractivity contribution in [3.05, 3.63) is 0 Å². The second-order valence-electron chi connectivity index (χ2n) is 3.11. The number of hydrogen-bond donors (Lipinski definition) is 1. The van der Waals surface area contributed by atoms with Crippen molar-refractivity contribution in [2.45, 2.75) is 13.3 Å². The third kappa shape index (κ3) is 22.5. The molecular formula is C10H25N3O. The molecular weight excluding hydrogens is 178 g/mol. The van der Waals surface area contributed by atoms with Gasteiger partial charge in [-0.1, -0.05) is 6.92 Å². The summed E-state index contributed by atoms with van der Waals surface area (Å²) in [7, 11) is 7.65. The Morgan fingerprint density at radius 3 is 2.36 bits per heavy atom. The Labute approximate surface area is 88.3 Å². The maximum atomic E-state index is 4.64. The van der Waals surface area contributed by atoms with Gasteiger partial charge in [-0.05, 0) is 40.7 Å². The zero-order chi connectivity index (χ0) is 11.2. The second-order valence-corrected chi connectivity index (χ2v) is 3.11. The van der Waals surface area contributed by atoms with E-state index < -0.39 is 0 Å². The van der Waals surface area contributed by atoms with Gasteiger partial charge in [0.15, 0.2) is 6.40 Å². The van der Waals surface area contributed by atoms with Crippen molar-refractivity contribution in [1.29, 1.82) is 0 Å². The third-order valence-corrected chi connectivity index (χ3v) is 1.43. The van der Waals surface area contributed by atoms with E-state index >= 15 is 0 Å². The highest BCUT2D eigenvalue weighted by Crippen LogP contribution is 1.82. The Morgan fingerprint density at radius 1 is 1.43 bits per heavy atom. The lowest BCUT2D eigenvalue weighted by molar-refractivity contribution is 0.398. The third-order valence-electron chi connectivity index (χ3n) is 1.43. The Bertz CT molecular complexity index is 114. The van der Waals surface area contributed by atoms with Crippen LogP contribution in [0.1, 0.15) is 13.3 Å². The number of aliphatic imine (C=N–C) groups is 1. The second kappa shape index (κ2) is 14.9. The van der Waals surface area contributed by atoms with E-state index in [0.29, 0.717) is 0 Å². The summed E-state index contributed by atoms with van der Waals surface area (Å²) in [6, 6.07) is 0. The van der Waals surface area contributed by atoms with Crippen molar-refractivity contribution in [1.82, 2.24) is 10.2 Å². The minimum Gasteiger partial charge on any atom is -0.487 e. The van der Waals surface area contributed by atoms with Gasteiger partial charge in [0.2, 0.25) is 0 Å². The zero-order valence-electron chi connectivity index (χ0n) is 10.2. The van der Waals surface area contributed by atoms with Gasteiger partial charge < -0.3 is 15.0 Å². The molecule has 0 aromatic rings. The highest BCUT2D eigenvalue weighted by atomic mass is 16.5. The first-order valence-corrected chi connectivity index (χ1v) is 4.99. The molecule has 4 nitrogen and oxygen atoms in total. The number of hydrogen-bond acceptors (Lipinski definition) is 4. The number of nitrogens with zero attached hydrogens (tertiary/aromatic N) is 2. The maximum Gasteiger partial charge on any atom is 0.168 e. The zero-order valence-corrected chi connectivity index (χ0v) is 10.2. The van der Waals surface area contributed by atoms with Gasteiger partial charge in [-0.15, -0.1) is 0 Å². The number of nitrogens with one attached hydrogen (secondary N) is 1. The summed E-state index contributed by atoms with van der Waals surface area (Å²) in [5.41, 5.74) is 0. The van der Waals surface area contributed by atoms with Gasteiger partial charge in [0, 0.05) is 6.54 Å². The van der Waals surface area contributed by atoms with Gasteiger partial charge in [-0.25, -0.2) is 0 Å². The normalized spacial score (nSPS) is 10.1. The van der Waals surface area contributed by atoms with Crippen LogP contribution in [0.15, 0.2) is 4.99 Å². The van der Waals surface area contributed by atoms with Crippen molar-refractivity contribution in [2.75, 3.05) is 47.9 Å². The first-order valence-electron chi connectivity index (χ1n) is 4.99. The summed E-state index contributed by atoms with van der Waals surface area (Å²) >= 11 is 0. The Hall–Kier alpha value is -0.610. The van der Waals surface area contributed by atoms with E-state index in [1.54, 1.807) is 7.11 Å². The first kappa shape index (κ1) is 15.8. The summed E-state index contributed by atoms with van der Waals surface area (Å²) in [6.45, 7) is 5.08. The molecule has 0 spiro atoms. The Kier molecular flexibility index (Phi) is 16.9. The van der Waals surface area contributed by atoms with Gasteiger partial charge in [0.1, 0.15) is 0 Å². The molecule has 0 rings (SSSR count). The molecule has 0 unspecified atom stereocenters. The van der Waals surface area contributed by atoms with E-state index in [1.807, 2.05) is 7.05 Å². The number of methoxy groups -OCH3 is 1. The standard InChI is InChI=1S/C7H16N2O.C3H9N/c1-9(2)6-4-5-8-7-10-3;1-3-4-2/h7H,4-6H2,1-3H3;4H,3H2,1-2H3. The van der Waals surface area contributed by atoms with Crippen molar-refractivity contribution >= 4 is 6.40 Å². The van der Waals surface area contributed by atoms with Gasteiger partial charge in [-0.2, -0.15) is 0 Å². The van der Waals surface area contributed by atoms with Crippen LogP contribution >= 0.6 is 0 Å². The fourth-order valence-corrected chi connectivity index (χ4v) is 0.605. The molecule has 0 aromatic heterocycles. The molecule has 0 bridgehead atoms. The fourth-order valence-electron chi connectivity index (χ4n) is 0.605. The summed E-state index contributed by atoms with van der Waals surface area (Å²) in [5.74, 6) is 0. The topological polar surface area (TPSA) is 36.9 Å². The number of rotatable bonds is 6. The van der Waals surface area contributed by atoms with E-state index in [0.717, 1.165) is 26.1 Å². The van der Waals surface area contributed by atoms with E-state index in [9.17, 15) is 0 Å². The van der Waals surface area contributed by atoms with Crippen LogP contribution in [-0.2, 0) is 4.74 Å². The van der Waals surface area contributed by atoms with Gasteiger partial charge in [0.25, 0.3) is 0 Å². The lowest BCUT2D eigenvalue weighted by atomic mass is 10.4. The minimum atomic E-state index is 0.853. The van der Waals surface area contributed by atoms with Crippen LogP contribution in [0, 0.1) is 0 Å². The smallest absolute Gasteiger partial charge is 0.168 e. The van der Waals surface area contributed by atoms with E-state index in [4.69, 9.17) is 0 Å². The van der Waals surface area contributed by atoms with Crippen LogP contribution in [0.2, 0.25) is 0 Å². The largest absolute Gasteiger partial charge is 0.487 e. The quantitative estimate of drug-likeness (QED) is 0.395. The van der Waals surface area contributed by atoms with Crippen LogP contribution in [0.25, 0.3) is 0 Å². The summed E-state index contributed by atoms with van der Waals surface area (Å²) in [6.07, 6.45) is 2.57. The summed E-state index contributed by atoms with van der Waals surface area (Å²) in [4.78, 5) is 6.13. The summed E-state index contributed by atoms with van der Waals surface area (Å²) < 4.78 is 4.64. The van der Waals surface area contributed by atoms with Crippen LogP contribution in [0.5, 0.6) is 0 Å². The molecule has 14 heavy (non-hydrogen) atoms. The average Bonchev–Trinajstić information content (AvgIpc) is 2.18. The molecule has 0 aliphatic rings. The number of ether oxygens (including phenoxy) is 1. The minimum absolute atomic E-state index is 0.853. The molecule has 0 saturated carbocycles. The van der Waals surface area contributed by atoms with Gasteiger partial charge in [-0.3, -0.25) is 4.99 Å². The predicted molar refractivity (Wildman–Crippen MR) is 63.1 cm³/mol. The van der Waals surface area contributed by atoms with Crippen molar-refractivity contribution in [2.24, 2.45) is 4.99 Å². The predicted octanol–water partition coefficient (Wildman–Crippen LogP) is 0.839. The monoisotopic (exact) mass is 203 g/mol. The fraction of sp³-hybridized carbons (Fsp3) is 0.900. The van der Waals surface area contributed by atoms with E-state index in [1.165, 1.54) is 6.40 Å². The highest BCUT2D eigenvalue weighted by Gasteiger charge is 1.86. The van der Waals surface area contributed by atoms with E-state index in [-0.39, 0.29) is 0 Å². The Morgan fingerprint density at radius 2 is 2.00 bits per heavy atom. The summed E-state index contributed by atoms with van der Waals surface area (Å²) in [5, 5.41) is 2.93. The highest BCUT2D eigenvalue weighted by molar-refractivity contribution is 5.45. The van der Waals surface area contributed by atoms with Crippen LogP contribution in [-0.4, -0.2) is 59.2 Å². The molecule has 0 radical (unpaired) electrons. The lowest BCUT2D eigenvalue weighted by Gasteiger charge is -2.06.